The first-order chi connectivity index (χ1) is 12.4. The molecule has 3 amide bonds. The van der Waals surface area contributed by atoms with E-state index < -0.39 is 17.1 Å². The Kier molecular flexibility index (Phi) is 5.23. The molecule has 5 nitrogen and oxygen atoms in total. The van der Waals surface area contributed by atoms with Crippen LogP contribution in [-0.2, 0) is 9.59 Å². The van der Waals surface area contributed by atoms with Crippen LogP contribution in [0.5, 0.6) is 0 Å². The molecule has 6 heteroatoms. The second-order valence-corrected chi connectivity index (χ2v) is 7.04. The molecule has 1 aliphatic heterocycles. The lowest BCUT2D eigenvalue weighted by Crippen LogP contribution is -2.36. The Balaban J connectivity index is 1.69. The summed E-state index contributed by atoms with van der Waals surface area (Å²) in [5, 5.41) is 2.32. The van der Waals surface area contributed by atoms with E-state index in [1.807, 2.05) is 62.4 Å². The van der Waals surface area contributed by atoms with Gasteiger partial charge in [-0.3, -0.25) is 19.3 Å². The lowest BCUT2D eigenvalue weighted by atomic mass is 10.1. The second kappa shape index (κ2) is 7.58. The fourth-order valence-corrected chi connectivity index (χ4v) is 3.46. The molecule has 132 valence electrons. The number of hydrogen-bond donors (Lipinski definition) is 1. The molecule has 2 aromatic carbocycles. The highest BCUT2D eigenvalue weighted by Gasteiger charge is 2.36. The number of aryl methyl sites for hydroxylation is 2. The van der Waals surface area contributed by atoms with Crippen molar-refractivity contribution < 1.29 is 14.4 Å². The zero-order chi connectivity index (χ0) is 18.7. The van der Waals surface area contributed by atoms with Gasteiger partial charge in [-0.1, -0.05) is 48.0 Å². The Morgan fingerprint density at radius 2 is 1.85 bits per heavy atom. The molecule has 0 aromatic heterocycles. The molecule has 1 aliphatic rings. The van der Waals surface area contributed by atoms with Crippen molar-refractivity contribution >= 4 is 40.6 Å². The van der Waals surface area contributed by atoms with Crippen molar-refractivity contribution in [3.63, 3.8) is 0 Å². The molecular formula is C20H18N2O3S. The van der Waals surface area contributed by atoms with Crippen LogP contribution in [0.4, 0.5) is 10.5 Å². The number of nitrogens with one attached hydrogen (secondary N) is 1. The lowest BCUT2D eigenvalue weighted by Gasteiger charge is -2.14. The Hall–Kier alpha value is -2.86. The molecule has 0 saturated carbocycles. The van der Waals surface area contributed by atoms with Crippen LogP contribution in [-0.4, -0.2) is 28.5 Å². The van der Waals surface area contributed by atoms with Crippen molar-refractivity contribution in [3.8, 4) is 0 Å². The van der Waals surface area contributed by atoms with Crippen LogP contribution in [0.1, 0.15) is 16.7 Å². The number of amides is 3. The SMILES string of the molecule is Cc1ccc(NC(=O)CN2C(=O)S/C(=C\c3ccccc3)C2=O)c(C)c1. The number of benzene rings is 2. The third-order valence-corrected chi connectivity index (χ3v) is 4.84. The van der Waals surface area contributed by atoms with Gasteiger partial charge >= 0.3 is 0 Å². The average Bonchev–Trinajstić information content (AvgIpc) is 2.86. The van der Waals surface area contributed by atoms with Crippen LogP contribution in [0.2, 0.25) is 0 Å². The van der Waals surface area contributed by atoms with Crippen molar-refractivity contribution in [3.05, 3.63) is 70.1 Å². The van der Waals surface area contributed by atoms with E-state index in [0.29, 0.717) is 10.6 Å². The van der Waals surface area contributed by atoms with Gasteiger partial charge < -0.3 is 5.32 Å². The molecule has 1 heterocycles. The summed E-state index contributed by atoms with van der Waals surface area (Å²) >= 11 is 0.849. The van der Waals surface area contributed by atoms with Gasteiger partial charge in [0.25, 0.3) is 11.1 Å². The average molecular weight is 366 g/mol. The van der Waals surface area contributed by atoms with E-state index in [1.54, 1.807) is 6.08 Å². The molecule has 0 radical (unpaired) electrons. The van der Waals surface area contributed by atoms with Crippen LogP contribution in [0.15, 0.2) is 53.4 Å². The standard InChI is InChI=1S/C20H18N2O3S/c1-13-8-9-16(14(2)10-13)21-18(23)12-22-19(24)17(26-20(22)25)11-15-6-4-3-5-7-15/h3-11H,12H2,1-2H3,(H,21,23)/b17-11-. The molecular weight excluding hydrogens is 348 g/mol. The lowest BCUT2D eigenvalue weighted by molar-refractivity contribution is -0.127. The van der Waals surface area contributed by atoms with Crippen LogP contribution < -0.4 is 5.32 Å². The fourth-order valence-electron chi connectivity index (χ4n) is 2.62. The summed E-state index contributed by atoms with van der Waals surface area (Å²) in [4.78, 5) is 38.2. The summed E-state index contributed by atoms with van der Waals surface area (Å²) in [6, 6.07) is 14.9. The minimum atomic E-state index is -0.445. The normalized spacial score (nSPS) is 15.6. The predicted molar refractivity (Wildman–Crippen MR) is 104 cm³/mol. The first kappa shape index (κ1) is 17.9. The van der Waals surface area contributed by atoms with E-state index in [1.165, 1.54) is 0 Å². The van der Waals surface area contributed by atoms with Gasteiger partial charge in [0.15, 0.2) is 0 Å². The van der Waals surface area contributed by atoms with Gasteiger partial charge in [-0.25, -0.2) is 0 Å². The van der Waals surface area contributed by atoms with E-state index in [-0.39, 0.29) is 6.54 Å². The summed E-state index contributed by atoms with van der Waals surface area (Å²) in [5.74, 6) is -0.847. The quantitative estimate of drug-likeness (QED) is 0.831. The van der Waals surface area contributed by atoms with E-state index in [9.17, 15) is 14.4 Å². The third-order valence-electron chi connectivity index (χ3n) is 3.93. The minimum absolute atomic E-state index is 0.301. The highest BCUT2D eigenvalue weighted by Crippen LogP contribution is 2.32. The number of anilines is 1. The van der Waals surface area contributed by atoms with Crippen molar-refractivity contribution in [1.29, 1.82) is 0 Å². The van der Waals surface area contributed by atoms with Gasteiger partial charge in [-0.2, -0.15) is 0 Å². The Labute approximate surface area is 156 Å². The maximum absolute atomic E-state index is 12.5. The molecule has 3 rings (SSSR count). The number of rotatable bonds is 4. The van der Waals surface area contributed by atoms with Crippen molar-refractivity contribution in [1.82, 2.24) is 4.90 Å². The molecule has 26 heavy (non-hydrogen) atoms. The summed E-state index contributed by atoms with van der Waals surface area (Å²) in [6.07, 6.45) is 1.66. The van der Waals surface area contributed by atoms with E-state index in [0.717, 1.165) is 33.4 Å². The van der Waals surface area contributed by atoms with E-state index in [4.69, 9.17) is 0 Å². The van der Waals surface area contributed by atoms with Gasteiger partial charge in [0.1, 0.15) is 6.54 Å². The Morgan fingerprint density at radius 3 is 2.54 bits per heavy atom. The minimum Gasteiger partial charge on any atom is -0.324 e. The van der Waals surface area contributed by atoms with Crippen LogP contribution >= 0.6 is 11.8 Å². The molecule has 2 aromatic rings. The summed E-state index contributed by atoms with van der Waals surface area (Å²) in [7, 11) is 0. The maximum Gasteiger partial charge on any atom is 0.294 e. The highest BCUT2D eigenvalue weighted by atomic mass is 32.2. The fraction of sp³-hybridized carbons (Fsp3) is 0.150. The summed E-state index contributed by atoms with van der Waals surface area (Å²) < 4.78 is 0. The molecule has 0 bridgehead atoms. The summed E-state index contributed by atoms with van der Waals surface area (Å²) in [5.41, 5.74) is 3.53. The van der Waals surface area contributed by atoms with Gasteiger partial charge in [0, 0.05) is 5.69 Å². The molecule has 0 unspecified atom stereocenters. The Bertz CT molecular complexity index is 907. The second-order valence-electron chi connectivity index (χ2n) is 6.05. The first-order valence-corrected chi connectivity index (χ1v) is 8.93. The maximum atomic E-state index is 12.5. The predicted octanol–water partition coefficient (Wildman–Crippen LogP) is 3.98. The van der Waals surface area contributed by atoms with Crippen LogP contribution in [0.3, 0.4) is 0 Å². The summed E-state index contributed by atoms with van der Waals surface area (Å²) in [6.45, 7) is 3.56. The van der Waals surface area contributed by atoms with Gasteiger partial charge in [0.2, 0.25) is 5.91 Å². The zero-order valence-electron chi connectivity index (χ0n) is 14.5. The Morgan fingerprint density at radius 1 is 1.12 bits per heavy atom. The van der Waals surface area contributed by atoms with E-state index >= 15 is 0 Å². The smallest absolute Gasteiger partial charge is 0.294 e. The van der Waals surface area contributed by atoms with Gasteiger partial charge in [-0.15, -0.1) is 0 Å². The van der Waals surface area contributed by atoms with Crippen LogP contribution in [0, 0.1) is 13.8 Å². The molecule has 0 aliphatic carbocycles. The molecule has 1 saturated heterocycles. The monoisotopic (exact) mass is 366 g/mol. The number of hydrogen-bond acceptors (Lipinski definition) is 4. The molecule has 0 spiro atoms. The first-order valence-electron chi connectivity index (χ1n) is 8.11. The number of nitrogens with zero attached hydrogens (tertiary/aromatic N) is 1. The third kappa shape index (κ3) is 4.03. The van der Waals surface area contributed by atoms with Crippen molar-refractivity contribution in [2.24, 2.45) is 0 Å². The highest BCUT2D eigenvalue weighted by molar-refractivity contribution is 8.18. The number of carbonyl (C=O) groups is 3. The molecule has 1 fully saturated rings. The molecule has 0 atom stereocenters. The van der Waals surface area contributed by atoms with Gasteiger partial charge in [0.05, 0.1) is 4.91 Å². The van der Waals surface area contributed by atoms with Crippen LogP contribution in [0.25, 0.3) is 6.08 Å². The molecule has 1 N–H and O–H groups in total. The van der Waals surface area contributed by atoms with Crippen molar-refractivity contribution in [2.75, 3.05) is 11.9 Å². The number of imide groups is 1. The van der Waals surface area contributed by atoms with Crippen molar-refractivity contribution in [2.45, 2.75) is 13.8 Å². The zero-order valence-corrected chi connectivity index (χ0v) is 15.3. The van der Waals surface area contributed by atoms with E-state index in [2.05, 4.69) is 5.32 Å². The largest absolute Gasteiger partial charge is 0.324 e. The number of thioether (sulfide) groups is 1. The van der Waals surface area contributed by atoms with Gasteiger partial charge in [-0.05, 0) is 48.9 Å². The number of carbonyl (C=O) groups excluding carboxylic acids is 3. The topological polar surface area (TPSA) is 66.5 Å².